The lowest BCUT2D eigenvalue weighted by Crippen LogP contribution is -2.21. The van der Waals surface area contributed by atoms with E-state index in [9.17, 15) is 5.11 Å². The van der Waals surface area contributed by atoms with Crippen molar-refractivity contribution in [2.75, 3.05) is 0 Å². The van der Waals surface area contributed by atoms with Crippen molar-refractivity contribution in [2.45, 2.75) is 25.9 Å². The van der Waals surface area contributed by atoms with Gasteiger partial charge in [0.25, 0.3) is 0 Å². The van der Waals surface area contributed by atoms with Crippen LogP contribution >= 0.6 is 0 Å². The van der Waals surface area contributed by atoms with Gasteiger partial charge in [0.05, 0.1) is 5.60 Å². The third-order valence-electron chi connectivity index (χ3n) is 4.85. The lowest BCUT2D eigenvalue weighted by atomic mass is 9.91. The molecule has 1 aromatic heterocycles. The van der Waals surface area contributed by atoms with Crippen molar-refractivity contribution in [1.82, 2.24) is 4.57 Å². The van der Waals surface area contributed by atoms with Crippen LogP contribution in [0.4, 0.5) is 0 Å². The molecule has 2 heteroatoms. The maximum absolute atomic E-state index is 10.0. The number of hydrogen-bond acceptors (Lipinski definition) is 1. The Morgan fingerprint density at radius 3 is 2.61 bits per heavy atom. The zero-order chi connectivity index (χ0) is 16.2. The predicted molar refractivity (Wildman–Crippen MR) is 97.5 cm³/mol. The van der Waals surface area contributed by atoms with Crippen molar-refractivity contribution in [2.24, 2.45) is 7.05 Å². The zero-order valence-corrected chi connectivity index (χ0v) is 13.8. The number of aromatic nitrogens is 1. The fourth-order valence-corrected chi connectivity index (χ4v) is 3.44. The van der Waals surface area contributed by atoms with E-state index in [0.717, 1.165) is 0 Å². The van der Waals surface area contributed by atoms with Gasteiger partial charge >= 0.3 is 0 Å². The van der Waals surface area contributed by atoms with E-state index in [4.69, 9.17) is 0 Å². The number of allylic oxidation sites excluding steroid dienone is 2. The summed E-state index contributed by atoms with van der Waals surface area (Å²) < 4.78 is 2.26. The molecule has 0 amide bonds. The number of aryl methyl sites for hydroxylation is 2. The Labute approximate surface area is 136 Å². The minimum atomic E-state index is -0.717. The molecule has 0 fully saturated rings. The highest BCUT2D eigenvalue weighted by Crippen LogP contribution is 2.33. The number of benzene rings is 2. The molecule has 23 heavy (non-hydrogen) atoms. The van der Waals surface area contributed by atoms with E-state index in [1.54, 1.807) is 0 Å². The van der Waals surface area contributed by atoms with Gasteiger partial charge in [-0.2, -0.15) is 0 Å². The van der Waals surface area contributed by atoms with Crippen molar-refractivity contribution in [3.05, 3.63) is 65.8 Å². The van der Waals surface area contributed by atoms with Crippen LogP contribution in [0, 0.1) is 6.92 Å². The van der Waals surface area contributed by atoms with Crippen LogP contribution in [-0.2, 0) is 7.05 Å². The van der Waals surface area contributed by atoms with Gasteiger partial charge in [0.2, 0.25) is 0 Å². The normalized spacial score (nSPS) is 21.1. The molecule has 0 aliphatic heterocycles. The van der Waals surface area contributed by atoms with Crippen LogP contribution in [0.3, 0.4) is 0 Å². The molecule has 2 aromatic carbocycles. The maximum Gasteiger partial charge on any atom is 0.0837 e. The second-order valence-corrected chi connectivity index (χ2v) is 6.87. The first-order valence-electron chi connectivity index (χ1n) is 8.06. The molecule has 4 rings (SSSR count). The number of rotatable bonds is 1. The standard InChI is InChI=1S/C21H21NO/c1-14-4-7-19-18(12-14)17-6-5-16(13-20(17)22(19)3)15-8-10-21(2,23)11-9-15/h4-10,12-13,23H,11H2,1-3H3. The summed E-state index contributed by atoms with van der Waals surface area (Å²) in [5.74, 6) is 0. The maximum atomic E-state index is 10.0. The van der Waals surface area contributed by atoms with Gasteiger partial charge in [-0.1, -0.05) is 42.0 Å². The van der Waals surface area contributed by atoms with Gasteiger partial charge in [0.15, 0.2) is 0 Å². The van der Waals surface area contributed by atoms with Gasteiger partial charge in [-0.15, -0.1) is 0 Å². The van der Waals surface area contributed by atoms with Gasteiger partial charge < -0.3 is 9.67 Å². The molecule has 1 atom stereocenters. The fourth-order valence-electron chi connectivity index (χ4n) is 3.44. The highest BCUT2D eigenvalue weighted by atomic mass is 16.3. The second-order valence-electron chi connectivity index (χ2n) is 6.87. The fraction of sp³-hybridized carbons (Fsp3) is 0.238. The molecular formula is C21H21NO. The summed E-state index contributed by atoms with van der Waals surface area (Å²) in [5.41, 5.74) is 5.46. The first-order valence-corrected chi connectivity index (χ1v) is 8.06. The topological polar surface area (TPSA) is 25.2 Å². The van der Waals surface area contributed by atoms with E-state index >= 15 is 0 Å². The van der Waals surface area contributed by atoms with Crippen LogP contribution in [0.25, 0.3) is 27.4 Å². The molecule has 1 aliphatic rings. The first-order chi connectivity index (χ1) is 10.9. The number of nitrogens with zero attached hydrogens (tertiary/aromatic N) is 1. The Morgan fingerprint density at radius 2 is 1.87 bits per heavy atom. The average molecular weight is 303 g/mol. The Morgan fingerprint density at radius 1 is 1.04 bits per heavy atom. The van der Waals surface area contributed by atoms with E-state index in [0.29, 0.717) is 6.42 Å². The van der Waals surface area contributed by atoms with Crippen molar-refractivity contribution in [1.29, 1.82) is 0 Å². The number of fused-ring (bicyclic) bond motifs is 3. The van der Waals surface area contributed by atoms with Crippen LogP contribution in [0.2, 0.25) is 0 Å². The van der Waals surface area contributed by atoms with Crippen molar-refractivity contribution in [3.8, 4) is 0 Å². The molecule has 1 N–H and O–H groups in total. The summed E-state index contributed by atoms with van der Waals surface area (Å²) in [5, 5.41) is 12.6. The van der Waals surface area contributed by atoms with Crippen molar-refractivity contribution < 1.29 is 5.11 Å². The predicted octanol–water partition coefficient (Wildman–Crippen LogP) is 4.73. The summed E-state index contributed by atoms with van der Waals surface area (Å²) >= 11 is 0. The van der Waals surface area contributed by atoms with Crippen LogP contribution in [0.5, 0.6) is 0 Å². The smallest absolute Gasteiger partial charge is 0.0837 e. The summed E-state index contributed by atoms with van der Waals surface area (Å²) in [6, 6.07) is 13.3. The zero-order valence-electron chi connectivity index (χ0n) is 13.8. The molecule has 0 radical (unpaired) electrons. The molecule has 0 saturated heterocycles. The molecule has 3 aromatic rings. The van der Waals surface area contributed by atoms with Crippen LogP contribution in [0.1, 0.15) is 24.5 Å². The van der Waals surface area contributed by atoms with E-state index in [2.05, 4.69) is 61.0 Å². The van der Waals surface area contributed by atoms with Crippen molar-refractivity contribution >= 4 is 27.4 Å². The van der Waals surface area contributed by atoms with Gasteiger partial charge in [-0.25, -0.2) is 0 Å². The van der Waals surface area contributed by atoms with Crippen LogP contribution in [-0.4, -0.2) is 15.3 Å². The van der Waals surface area contributed by atoms with E-state index in [-0.39, 0.29) is 0 Å². The summed E-state index contributed by atoms with van der Waals surface area (Å²) in [7, 11) is 2.12. The largest absolute Gasteiger partial charge is 0.386 e. The molecule has 2 nitrogen and oxygen atoms in total. The summed E-state index contributed by atoms with van der Waals surface area (Å²) in [6.45, 7) is 3.97. The van der Waals surface area contributed by atoms with Gasteiger partial charge in [-0.05, 0) is 49.6 Å². The molecular weight excluding hydrogens is 282 g/mol. The minimum absolute atomic E-state index is 0.658. The first kappa shape index (κ1) is 14.3. The van der Waals surface area contributed by atoms with Crippen LogP contribution < -0.4 is 0 Å². The molecule has 1 heterocycles. The molecule has 0 spiro atoms. The van der Waals surface area contributed by atoms with Gasteiger partial charge in [-0.3, -0.25) is 0 Å². The van der Waals surface area contributed by atoms with Crippen LogP contribution in [0.15, 0.2) is 54.6 Å². The third kappa shape index (κ3) is 2.30. The second kappa shape index (κ2) is 4.84. The average Bonchev–Trinajstić information content (AvgIpc) is 2.79. The lowest BCUT2D eigenvalue weighted by molar-refractivity contribution is 0.114. The van der Waals surface area contributed by atoms with E-state index < -0.39 is 5.60 Å². The number of hydrogen-bond donors (Lipinski definition) is 1. The Balaban J connectivity index is 1.89. The molecule has 1 unspecified atom stereocenters. The Bertz CT molecular complexity index is 986. The molecule has 0 bridgehead atoms. The third-order valence-corrected chi connectivity index (χ3v) is 4.85. The highest BCUT2D eigenvalue weighted by molar-refractivity contribution is 6.09. The monoisotopic (exact) mass is 303 g/mol. The van der Waals surface area contributed by atoms with E-state index in [1.807, 2.05) is 19.1 Å². The van der Waals surface area contributed by atoms with Crippen molar-refractivity contribution in [3.63, 3.8) is 0 Å². The molecule has 1 aliphatic carbocycles. The highest BCUT2D eigenvalue weighted by Gasteiger charge is 2.19. The molecule has 0 saturated carbocycles. The van der Waals surface area contributed by atoms with E-state index in [1.165, 1.54) is 38.5 Å². The Kier molecular flexibility index (Phi) is 3.00. The summed E-state index contributed by atoms with van der Waals surface area (Å²) in [6.07, 6.45) is 6.69. The number of aliphatic hydroxyl groups is 1. The van der Waals surface area contributed by atoms with Gasteiger partial charge in [0.1, 0.15) is 0 Å². The SMILES string of the molecule is Cc1ccc2c(c1)c1ccc(C3=CCC(C)(O)C=C3)cc1n2C. The van der Waals surface area contributed by atoms with Gasteiger partial charge in [0, 0.05) is 28.9 Å². The summed E-state index contributed by atoms with van der Waals surface area (Å²) in [4.78, 5) is 0. The minimum Gasteiger partial charge on any atom is -0.386 e. The quantitative estimate of drug-likeness (QED) is 0.690. The molecule has 116 valence electrons. The lowest BCUT2D eigenvalue weighted by Gasteiger charge is -2.21. The Hall–Kier alpha value is -2.32.